The molecule has 0 aromatic heterocycles. The van der Waals surface area contributed by atoms with Gasteiger partial charge >= 0.3 is 0 Å². The molecule has 17 heavy (non-hydrogen) atoms. The highest BCUT2D eigenvalue weighted by Gasteiger charge is 2.47. The maximum absolute atomic E-state index is 12.8. The minimum absolute atomic E-state index is 0.0300. The summed E-state index contributed by atoms with van der Waals surface area (Å²) < 4.78 is 36.2. The fourth-order valence-corrected chi connectivity index (χ4v) is 4.12. The van der Waals surface area contributed by atoms with Crippen LogP contribution in [-0.2, 0) is 9.84 Å². The first-order valence-electron chi connectivity index (χ1n) is 5.43. The van der Waals surface area contributed by atoms with Crippen LogP contribution >= 0.6 is 0 Å². The van der Waals surface area contributed by atoms with Crippen LogP contribution in [0.4, 0.5) is 4.39 Å². The zero-order valence-electron chi connectivity index (χ0n) is 9.19. The van der Waals surface area contributed by atoms with E-state index in [1.807, 2.05) is 6.07 Å². The van der Waals surface area contributed by atoms with Crippen molar-refractivity contribution in [2.45, 2.75) is 35.3 Å². The fourth-order valence-electron chi connectivity index (χ4n) is 2.23. The van der Waals surface area contributed by atoms with Crippen LogP contribution in [0.15, 0.2) is 29.2 Å². The quantitative estimate of drug-likeness (QED) is 0.760. The Balaban J connectivity index is 2.50. The number of hydrogen-bond acceptors (Lipinski definition) is 3. The van der Waals surface area contributed by atoms with Gasteiger partial charge in [0, 0.05) is 0 Å². The van der Waals surface area contributed by atoms with E-state index in [0.29, 0.717) is 12.8 Å². The molecule has 0 spiro atoms. The van der Waals surface area contributed by atoms with Crippen molar-refractivity contribution in [3.8, 4) is 6.07 Å². The first-order valence-corrected chi connectivity index (χ1v) is 6.92. The normalized spacial score (nSPS) is 18.8. The van der Waals surface area contributed by atoms with Crippen LogP contribution < -0.4 is 0 Å². The van der Waals surface area contributed by atoms with Crippen molar-refractivity contribution in [3.05, 3.63) is 30.1 Å². The van der Waals surface area contributed by atoms with Crippen LogP contribution in [0.5, 0.6) is 0 Å². The van der Waals surface area contributed by atoms with Crippen LogP contribution in [0.2, 0.25) is 0 Å². The number of sulfone groups is 1. The van der Waals surface area contributed by atoms with Gasteiger partial charge in [-0.1, -0.05) is 12.8 Å². The van der Waals surface area contributed by atoms with Gasteiger partial charge in [-0.2, -0.15) is 5.26 Å². The van der Waals surface area contributed by atoms with Crippen LogP contribution in [0, 0.1) is 17.1 Å². The maximum atomic E-state index is 12.8. The second-order valence-corrected chi connectivity index (χ2v) is 6.53. The van der Waals surface area contributed by atoms with Gasteiger partial charge in [0.15, 0.2) is 14.6 Å². The minimum Gasteiger partial charge on any atom is -0.222 e. The van der Waals surface area contributed by atoms with Gasteiger partial charge in [-0.05, 0) is 37.1 Å². The molecule has 0 N–H and O–H groups in total. The largest absolute Gasteiger partial charge is 0.222 e. The SMILES string of the molecule is N#CC1(S(=O)(=O)c2ccc(F)cc2)CCCC1. The fraction of sp³-hybridized carbons (Fsp3) is 0.417. The molecule has 1 aliphatic carbocycles. The number of nitriles is 1. The number of halogens is 1. The van der Waals surface area contributed by atoms with Gasteiger partial charge in [0.2, 0.25) is 0 Å². The monoisotopic (exact) mass is 253 g/mol. The Bertz CT molecular complexity index is 551. The van der Waals surface area contributed by atoms with Crippen molar-refractivity contribution in [2.75, 3.05) is 0 Å². The lowest BCUT2D eigenvalue weighted by Gasteiger charge is -2.20. The molecule has 0 heterocycles. The van der Waals surface area contributed by atoms with Crippen molar-refractivity contribution >= 4 is 9.84 Å². The lowest BCUT2D eigenvalue weighted by molar-refractivity contribution is 0.557. The van der Waals surface area contributed by atoms with E-state index >= 15 is 0 Å². The molecule has 90 valence electrons. The first-order chi connectivity index (χ1) is 8.02. The molecule has 0 radical (unpaired) electrons. The first kappa shape index (κ1) is 12.1. The Hall–Kier alpha value is -1.41. The van der Waals surface area contributed by atoms with E-state index in [-0.39, 0.29) is 4.90 Å². The average molecular weight is 253 g/mol. The Morgan fingerprint density at radius 3 is 2.18 bits per heavy atom. The molecule has 1 aromatic carbocycles. The molecule has 0 amide bonds. The second-order valence-electron chi connectivity index (χ2n) is 4.27. The van der Waals surface area contributed by atoms with Crippen molar-refractivity contribution in [2.24, 2.45) is 0 Å². The molecule has 0 aliphatic heterocycles. The predicted octanol–water partition coefficient (Wildman–Crippen LogP) is 2.44. The molecule has 2 rings (SSSR count). The molecule has 1 fully saturated rings. The van der Waals surface area contributed by atoms with Crippen molar-refractivity contribution in [3.63, 3.8) is 0 Å². The Kier molecular flexibility index (Phi) is 2.92. The Morgan fingerprint density at radius 2 is 1.71 bits per heavy atom. The highest BCUT2D eigenvalue weighted by Crippen LogP contribution is 2.39. The van der Waals surface area contributed by atoms with Gasteiger partial charge < -0.3 is 0 Å². The number of rotatable bonds is 2. The predicted molar refractivity (Wildman–Crippen MR) is 60.4 cm³/mol. The Labute approximate surface area is 99.8 Å². The summed E-state index contributed by atoms with van der Waals surface area (Å²) in [7, 11) is -3.69. The van der Waals surface area contributed by atoms with Gasteiger partial charge in [-0.25, -0.2) is 12.8 Å². The van der Waals surface area contributed by atoms with E-state index in [4.69, 9.17) is 5.26 Å². The Morgan fingerprint density at radius 1 is 1.18 bits per heavy atom. The summed E-state index contributed by atoms with van der Waals surface area (Å²) >= 11 is 0. The van der Waals surface area contributed by atoms with Crippen molar-refractivity contribution < 1.29 is 12.8 Å². The van der Waals surface area contributed by atoms with Crippen LogP contribution in [0.3, 0.4) is 0 Å². The molecular formula is C12H12FNO2S. The smallest absolute Gasteiger partial charge is 0.197 e. The third kappa shape index (κ3) is 1.83. The minimum atomic E-state index is -3.69. The molecule has 0 atom stereocenters. The zero-order valence-corrected chi connectivity index (χ0v) is 10.0. The topological polar surface area (TPSA) is 57.9 Å². The molecule has 1 aliphatic rings. The third-order valence-electron chi connectivity index (χ3n) is 3.25. The van der Waals surface area contributed by atoms with Gasteiger partial charge in [-0.3, -0.25) is 0 Å². The second kappa shape index (κ2) is 4.11. The van der Waals surface area contributed by atoms with E-state index in [1.54, 1.807) is 0 Å². The molecule has 0 saturated heterocycles. The highest BCUT2D eigenvalue weighted by atomic mass is 32.2. The van der Waals surface area contributed by atoms with E-state index in [9.17, 15) is 12.8 Å². The van der Waals surface area contributed by atoms with E-state index < -0.39 is 20.4 Å². The van der Waals surface area contributed by atoms with Crippen LogP contribution in [-0.4, -0.2) is 13.2 Å². The van der Waals surface area contributed by atoms with Gasteiger partial charge in [0.05, 0.1) is 11.0 Å². The van der Waals surface area contributed by atoms with E-state index in [1.165, 1.54) is 12.1 Å². The summed E-state index contributed by atoms with van der Waals surface area (Å²) in [6.07, 6.45) is 2.22. The summed E-state index contributed by atoms with van der Waals surface area (Å²) in [5.41, 5.74) is 0. The summed E-state index contributed by atoms with van der Waals surface area (Å²) in [6.45, 7) is 0. The maximum Gasteiger partial charge on any atom is 0.197 e. The number of nitrogens with zero attached hydrogens (tertiary/aromatic N) is 1. The number of hydrogen-bond donors (Lipinski definition) is 0. The molecule has 3 nitrogen and oxygen atoms in total. The number of benzene rings is 1. The summed E-state index contributed by atoms with van der Waals surface area (Å²) in [4.78, 5) is 0.0300. The molecule has 0 unspecified atom stereocenters. The van der Waals surface area contributed by atoms with Crippen LogP contribution in [0.25, 0.3) is 0 Å². The van der Waals surface area contributed by atoms with E-state index in [2.05, 4.69) is 0 Å². The summed E-state index contributed by atoms with van der Waals surface area (Å²) in [5.74, 6) is -0.485. The third-order valence-corrected chi connectivity index (χ3v) is 5.67. The molecule has 0 bridgehead atoms. The summed E-state index contributed by atoms with van der Waals surface area (Å²) in [5, 5.41) is 9.16. The zero-order chi connectivity index (χ0) is 12.5. The van der Waals surface area contributed by atoms with Gasteiger partial charge in [-0.15, -0.1) is 0 Å². The standard InChI is InChI=1S/C12H12FNO2S/c13-10-3-5-11(6-4-10)17(15,16)12(9-14)7-1-2-8-12/h3-6H,1-2,7-8H2. The lowest BCUT2D eigenvalue weighted by Crippen LogP contribution is -2.34. The lowest BCUT2D eigenvalue weighted by atomic mass is 10.1. The molecule has 1 saturated carbocycles. The molecule has 1 aromatic rings. The molecule has 5 heteroatoms. The summed E-state index contributed by atoms with van der Waals surface area (Å²) in [6, 6.07) is 6.61. The van der Waals surface area contributed by atoms with Gasteiger partial charge in [0.25, 0.3) is 0 Å². The highest BCUT2D eigenvalue weighted by molar-refractivity contribution is 7.93. The van der Waals surface area contributed by atoms with Crippen molar-refractivity contribution in [1.29, 1.82) is 5.26 Å². The van der Waals surface area contributed by atoms with E-state index in [0.717, 1.165) is 25.0 Å². The van der Waals surface area contributed by atoms with Gasteiger partial charge in [0.1, 0.15) is 5.82 Å². The molecular weight excluding hydrogens is 241 g/mol. The van der Waals surface area contributed by atoms with Crippen molar-refractivity contribution in [1.82, 2.24) is 0 Å². The van der Waals surface area contributed by atoms with Crippen LogP contribution in [0.1, 0.15) is 25.7 Å². The average Bonchev–Trinajstić information content (AvgIpc) is 2.79.